The lowest BCUT2D eigenvalue weighted by atomic mass is 10.1. The average molecular weight is 286 g/mol. The molecule has 0 saturated heterocycles. The fraction of sp³-hybridized carbons (Fsp3) is 0.583. The molecule has 1 aromatic heterocycles. The van der Waals surface area contributed by atoms with E-state index in [4.69, 9.17) is 4.42 Å². The predicted molar refractivity (Wildman–Crippen MR) is 65.9 cm³/mol. The zero-order chi connectivity index (χ0) is 11.6. The Balaban J connectivity index is 1.88. The van der Waals surface area contributed by atoms with Crippen LogP contribution in [-0.2, 0) is 6.42 Å². The Bertz CT molecular complexity index is 382. The number of carbonyl (C=O) groups excluding carboxylic acids is 1. The van der Waals surface area contributed by atoms with Gasteiger partial charge in [0.2, 0.25) is 0 Å². The van der Waals surface area contributed by atoms with Crippen molar-refractivity contribution in [1.82, 2.24) is 5.32 Å². The van der Waals surface area contributed by atoms with E-state index in [-0.39, 0.29) is 5.91 Å². The van der Waals surface area contributed by atoms with Crippen molar-refractivity contribution in [3.8, 4) is 0 Å². The third-order valence-electron chi connectivity index (χ3n) is 3.10. The van der Waals surface area contributed by atoms with Crippen LogP contribution in [0.25, 0.3) is 0 Å². The molecule has 88 valence electrons. The Morgan fingerprint density at radius 1 is 1.56 bits per heavy atom. The molecule has 2 rings (SSSR count). The molecule has 0 radical (unpaired) electrons. The lowest BCUT2D eigenvalue weighted by Gasteiger charge is -2.11. The molecule has 1 saturated carbocycles. The van der Waals surface area contributed by atoms with Gasteiger partial charge in [0, 0.05) is 18.3 Å². The van der Waals surface area contributed by atoms with Crippen LogP contribution in [0.4, 0.5) is 0 Å². The molecule has 1 heterocycles. The molecule has 4 heteroatoms. The molecule has 3 nitrogen and oxygen atoms in total. The average Bonchev–Trinajstić information content (AvgIpc) is 2.94. The lowest BCUT2D eigenvalue weighted by Crippen LogP contribution is -2.30. The first-order valence-electron chi connectivity index (χ1n) is 5.62. The number of carbonyl (C=O) groups is 1. The number of furan rings is 1. The van der Waals surface area contributed by atoms with Gasteiger partial charge in [-0.25, -0.2) is 0 Å². The first-order valence-corrected chi connectivity index (χ1v) is 6.74. The number of hydrogen-bond donors (Lipinski definition) is 1. The number of rotatable bonds is 5. The molecule has 1 aliphatic rings. The predicted octanol–water partition coefficient (Wildman–Crippen LogP) is 2.75. The van der Waals surface area contributed by atoms with E-state index in [2.05, 4.69) is 21.2 Å². The highest BCUT2D eigenvalue weighted by Crippen LogP contribution is 2.46. The quantitative estimate of drug-likeness (QED) is 0.846. The highest BCUT2D eigenvalue weighted by molar-refractivity contribution is 9.09. The summed E-state index contributed by atoms with van der Waals surface area (Å²) in [5.41, 5.74) is 0.301. The fourth-order valence-electron chi connectivity index (χ4n) is 1.58. The van der Waals surface area contributed by atoms with Crippen molar-refractivity contribution in [3.63, 3.8) is 0 Å². The van der Waals surface area contributed by atoms with E-state index < -0.39 is 0 Å². The first kappa shape index (κ1) is 11.7. The second kappa shape index (κ2) is 4.62. The van der Waals surface area contributed by atoms with Gasteiger partial charge in [-0.1, -0.05) is 22.9 Å². The summed E-state index contributed by atoms with van der Waals surface area (Å²) >= 11 is 3.48. The first-order chi connectivity index (χ1) is 7.69. The van der Waals surface area contributed by atoms with Gasteiger partial charge in [-0.3, -0.25) is 4.79 Å². The van der Waals surface area contributed by atoms with Gasteiger partial charge in [0.1, 0.15) is 5.76 Å². The molecule has 0 bridgehead atoms. The summed E-state index contributed by atoms with van der Waals surface area (Å²) in [6.45, 7) is 2.74. The van der Waals surface area contributed by atoms with Gasteiger partial charge in [-0.05, 0) is 30.4 Å². The van der Waals surface area contributed by atoms with E-state index in [1.807, 2.05) is 13.0 Å². The Morgan fingerprint density at radius 2 is 2.31 bits per heavy atom. The van der Waals surface area contributed by atoms with Crippen LogP contribution in [0.1, 0.15) is 36.1 Å². The second-order valence-corrected chi connectivity index (χ2v) is 5.00. The van der Waals surface area contributed by atoms with Crippen molar-refractivity contribution < 1.29 is 9.21 Å². The van der Waals surface area contributed by atoms with Crippen molar-refractivity contribution in [3.05, 3.63) is 23.7 Å². The molecular formula is C12H16BrNO2. The third-order valence-corrected chi connectivity index (χ3v) is 4.29. The Morgan fingerprint density at radius 3 is 2.81 bits per heavy atom. The third kappa shape index (κ3) is 2.48. The molecule has 16 heavy (non-hydrogen) atoms. The summed E-state index contributed by atoms with van der Waals surface area (Å²) in [6.07, 6.45) is 3.20. The highest BCUT2D eigenvalue weighted by Gasteiger charge is 2.41. The lowest BCUT2D eigenvalue weighted by molar-refractivity contribution is 0.0917. The Labute approximate surface area is 104 Å². The van der Waals surface area contributed by atoms with E-state index in [1.54, 1.807) is 6.07 Å². The molecule has 0 unspecified atom stereocenters. The summed E-state index contributed by atoms with van der Waals surface area (Å²) in [5.74, 6) is 1.17. The van der Waals surface area contributed by atoms with Gasteiger partial charge in [-0.2, -0.15) is 0 Å². The molecule has 0 atom stereocenters. The Hall–Kier alpha value is -0.770. The van der Waals surface area contributed by atoms with Gasteiger partial charge >= 0.3 is 0 Å². The fourth-order valence-corrected chi connectivity index (χ4v) is 2.34. The number of aryl methyl sites for hydroxylation is 1. The van der Waals surface area contributed by atoms with Crippen LogP contribution < -0.4 is 5.32 Å². The summed E-state index contributed by atoms with van der Waals surface area (Å²) < 4.78 is 5.39. The van der Waals surface area contributed by atoms with Crippen LogP contribution in [0.5, 0.6) is 0 Å². The Kier molecular flexibility index (Phi) is 3.38. The van der Waals surface area contributed by atoms with Crippen LogP contribution in [0.3, 0.4) is 0 Å². The molecule has 1 N–H and O–H groups in total. The summed E-state index contributed by atoms with van der Waals surface area (Å²) in [4.78, 5) is 11.7. The molecule has 1 aromatic rings. The largest absolute Gasteiger partial charge is 0.456 e. The zero-order valence-electron chi connectivity index (χ0n) is 9.38. The molecule has 0 aromatic carbocycles. The second-order valence-electron chi connectivity index (χ2n) is 4.44. The number of hydrogen-bond acceptors (Lipinski definition) is 2. The van der Waals surface area contributed by atoms with Crippen LogP contribution in [-0.4, -0.2) is 17.8 Å². The maximum atomic E-state index is 11.7. The summed E-state index contributed by atoms with van der Waals surface area (Å²) in [7, 11) is 0. The maximum absolute atomic E-state index is 11.7. The molecular weight excluding hydrogens is 270 g/mol. The van der Waals surface area contributed by atoms with E-state index in [0.29, 0.717) is 11.2 Å². The van der Waals surface area contributed by atoms with Gasteiger partial charge in [0.05, 0.1) is 0 Å². The topological polar surface area (TPSA) is 42.2 Å². The van der Waals surface area contributed by atoms with Gasteiger partial charge in [0.15, 0.2) is 5.76 Å². The van der Waals surface area contributed by atoms with E-state index in [1.165, 1.54) is 12.8 Å². The summed E-state index contributed by atoms with van der Waals surface area (Å²) in [6, 6.07) is 3.59. The number of amides is 1. The van der Waals surface area contributed by atoms with Crippen molar-refractivity contribution in [1.29, 1.82) is 0 Å². The minimum absolute atomic E-state index is 0.105. The van der Waals surface area contributed by atoms with Gasteiger partial charge < -0.3 is 9.73 Å². The van der Waals surface area contributed by atoms with Crippen LogP contribution in [0.15, 0.2) is 16.5 Å². The number of halogens is 1. The SMILES string of the molecule is CCc1ccc(C(=O)NCC2(CBr)CC2)o1. The normalized spacial score (nSPS) is 17.1. The molecule has 1 aliphatic carbocycles. The minimum atomic E-state index is -0.105. The van der Waals surface area contributed by atoms with Crippen molar-refractivity contribution in [2.45, 2.75) is 26.2 Å². The van der Waals surface area contributed by atoms with Crippen LogP contribution in [0.2, 0.25) is 0 Å². The van der Waals surface area contributed by atoms with Gasteiger partial charge in [0.25, 0.3) is 5.91 Å². The van der Waals surface area contributed by atoms with Crippen molar-refractivity contribution in [2.75, 3.05) is 11.9 Å². The van der Waals surface area contributed by atoms with Crippen LogP contribution in [0, 0.1) is 5.41 Å². The molecule has 0 aliphatic heterocycles. The standard InChI is InChI=1S/C12H16BrNO2/c1-2-9-3-4-10(16-9)11(15)14-8-12(7-13)5-6-12/h3-4H,2,5-8H2,1H3,(H,14,15). The van der Waals surface area contributed by atoms with Gasteiger partial charge in [-0.15, -0.1) is 0 Å². The maximum Gasteiger partial charge on any atom is 0.287 e. The minimum Gasteiger partial charge on any atom is -0.456 e. The number of nitrogens with one attached hydrogen (secondary N) is 1. The molecule has 0 spiro atoms. The molecule has 1 fully saturated rings. The van der Waals surface area contributed by atoms with Crippen molar-refractivity contribution >= 4 is 21.8 Å². The van der Waals surface area contributed by atoms with E-state index in [0.717, 1.165) is 24.1 Å². The van der Waals surface area contributed by atoms with Crippen molar-refractivity contribution in [2.24, 2.45) is 5.41 Å². The molecule has 1 amide bonds. The van der Waals surface area contributed by atoms with E-state index in [9.17, 15) is 4.79 Å². The zero-order valence-corrected chi connectivity index (χ0v) is 11.0. The highest BCUT2D eigenvalue weighted by atomic mass is 79.9. The number of alkyl halides is 1. The monoisotopic (exact) mass is 285 g/mol. The summed E-state index contributed by atoms with van der Waals surface area (Å²) in [5, 5.41) is 3.88. The van der Waals surface area contributed by atoms with E-state index >= 15 is 0 Å². The van der Waals surface area contributed by atoms with Crippen LogP contribution >= 0.6 is 15.9 Å². The smallest absolute Gasteiger partial charge is 0.287 e.